The average molecular weight is 498 g/mol. The Labute approximate surface area is 208 Å². The molecule has 2 atom stereocenters. The van der Waals surface area contributed by atoms with Gasteiger partial charge in [-0.1, -0.05) is 23.7 Å². The van der Waals surface area contributed by atoms with Gasteiger partial charge < -0.3 is 30.6 Å². The average Bonchev–Trinajstić information content (AvgIpc) is 3.47. The van der Waals surface area contributed by atoms with Crippen LogP contribution in [0.5, 0.6) is 5.75 Å². The van der Waals surface area contributed by atoms with E-state index in [0.717, 1.165) is 16.5 Å². The Bertz CT molecular complexity index is 1260. The van der Waals surface area contributed by atoms with Crippen molar-refractivity contribution in [3.8, 4) is 5.75 Å². The summed E-state index contributed by atoms with van der Waals surface area (Å²) in [5.74, 6) is 0.0792. The van der Waals surface area contributed by atoms with Crippen LogP contribution in [0.25, 0.3) is 10.9 Å². The number of primary amides is 1. The van der Waals surface area contributed by atoms with Gasteiger partial charge in [0, 0.05) is 36.1 Å². The number of halogens is 1. The highest BCUT2D eigenvalue weighted by Gasteiger charge is 2.34. The summed E-state index contributed by atoms with van der Waals surface area (Å²) in [6, 6.07) is 12.7. The van der Waals surface area contributed by atoms with Crippen molar-refractivity contribution in [3.05, 3.63) is 64.8 Å². The summed E-state index contributed by atoms with van der Waals surface area (Å²) in [5.41, 5.74) is 7.58. The lowest BCUT2D eigenvalue weighted by Gasteiger charge is -2.26. The number of ether oxygens (including phenoxy) is 1. The van der Waals surface area contributed by atoms with E-state index in [1.54, 1.807) is 42.0 Å². The summed E-state index contributed by atoms with van der Waals surface area (Å²) in [6.07, 6.45) is 1.24. The molecule has 1 aromatic heterocycles. The molecule has 2 heterocycles. The van der Waals surface area contributed by atoms with E-state index >= 15 is 0 Å². The Morgan fingerprint density at radius 1 is 1.17 bits per heavy atom. The molecule has 1 fully saturated rings. The van der Waals surface area contributed by atoms with Gasteiger partial charge in [-0.25, -0.2) is 4.79 Å². The van der Waals surface area contributed by atoms with Crippen molar-refractivity contribution in [1.29, 1.82) is 0 Å². The van der Waals surface area contributed by atoms with Crippen molar-refractivity contribution >= 4 is 40.3 Å². The molecule has 1 saturated heterocycles. The first kappa shape index (κ1) is 24.4. The smallest absolute Gasteiger partial charge is 0.315 e. The molecule has 3 aromatic rings. The minimum absolute atomic E-state index is 0.141. The van der Waals surface area contributed by atoms with Gasteiger partial charge >= 0.3 is 6.03 Å². The predicted molar refractivity (Wildman–Crippen MR) is 133 cm³/mol. The quantitative estimate of drug-likeness (QED) is 0.465. The fraction of sp³-hybridized carbons (Fsp3) is 0.320. The fourth-order valence-corrected chi connectivity index (χ4v) is 4.66. The van der Waals surface area contributed by atoms with Gasteiger partial charge in [-0.05, 0) is 54.8 Å². The summed E-state index contributed by atoms with van der Waals surface area (Å²) in [7, 11) is 3.39. The SMILES string of the molecule is COc1ccc(C(CNC(=O)c2cc3cc(Cl)ccc3n2C)NC(=O)[C@@H]2CCCN2C(N)=O)cc1. The maximum Gasteiger partial charge on any atom is 0.315 e. The molecule has 2 aromatic carbocycles. The zero-order valence-corrected chi connectivity index (χ0v) is 20.3. The number of fused-ring (bicyclic) bond motifs is 1. The van der Waals surface area contributed by atoms with E-state index in [1.807, 2.05) is 25.2 Å². The topological polar surface area (TPSA) is 119 Å². The Morgan fingerprint density at radius 2 is 1.91 bits per heavy atom. The first-order valence-corrected chi connectivity index (χ1v) is 11.7. The van der Waals surface area contributed by atoms with E-state index in [-0.39, 0.29) is 18.4 Å². The third-order valence-electron chi connectivity index (χ3n) is 6.38. The van der Waals surface area contributed by atoms with Crippen molar-refractivity contribution in [2.75, 3.05) is 20.2 Å². The second kappa shape index (κ2) is 10.3. The maximum absolute atomic E-state index is 13.1. The molecule has 10 heteroatoms. The summed E-state index contributed by atoms with van der Waals surface area (Å²) in [5, 5.41) is 7.36. The van der Waals surface area contributed by atoms with Crippen molar-refractivity contribution in [2.45, 2.75) is 24.9 Å². The van der Waals surface area contributed by atoms with Crippen LogP contribution in [0.4, 0.5) is 4.79 Å². The molecule has 9 nitrogen and oxygen atoms in total. The standard InChI is InChI=1S/C25H28ClN5O4/c1-30-20-10-7-17(26)12-16(20)13-22(30)23(32)28-14-19(15-5-8-18(35-2)9-6-15)29-24(33)21-4-3-11-31(21)25(27)34/h5-10,12-13,19,21H,3-4,11,14H2,1-2H3,(H2,27,34)(H,28,32)(H,29,33)/t19?,21-/m0/s1. The predicted octanol–water partition coefficient (Wildman–Crippen LogP) is 2.97. The summed E-state index contributed by atoms with van der Waals surface area (Å²) >= 11 is 6.09. The molecule has 0 aliphatic carbocycles. The monoisotopic (exact) mass is 497 g/mol. The van der Waals surface area contributed by atoms with Crippen molar-refractivity contribution in [3.63, 3.8) is 0 Å². The molecule has 1 unspecified atom stereocenters. The Kier molecular flexibility index (Phi) is 7.16. The van der Waals surface area contributed by atoms with Gasteiger partial charge in [0.15, 0.2) is 0 Å². The number of nitrogens with one attached hydrogen (secondary N) is 2. The van der Waals surface area contributed by atoms with Crippen LogP contribution in [0.2, 0.25) is 5.02 Å². The van der Waals surface area contributed by atoms with Crippen LogP contribution in [0.3, 0.4) is 0 Å². The number of nitrogens with two attached hydrogens (primary N) is 1. The van der Waals surface area contributed by atoms with Crippen molar-refractivity contribution in [2.24, 2.45) is 12.8 Å². The summed E-state index contributed by atoms with van der Waals surface area (Å²) in [4.78, 5) is 39.2. The Balaban J connectivity index is 1.53. The fourth-order valence-electron chi connectivity index (χ4n) is 4.48. The summed E-state index contributed by atoms with van der Waals surface area (Å²) in [6.45, 7) is 0.588. The van der Waals surface area contributed by atoms with E-state index in [2.05, 4.69) is 10.6 Å². The highest BCUT2D eigenvalue weighted by Crippen LogP contribution is 2.24. The second-order valence-electron chi connectivity index (χ2n) is 8.53. The number of hydrogen-bond donors (Lipinski definition) is 3. The molecular weight excluding hydrogens is 470 g/mol. The van der Waals surface area contributed by atoms with Crippen LogP contribution in [-0.4, -0.2) is 53.6 Å². The molecular formula is C25H28ClN5O4. The van der Waals surface area contributed by atoms with Gasteiger partial charge in [-0.15, -0.1) is 0 Å². The number of amides is 4. The van der Waals surface area contributed by atoms with Gasteiger partial charge in [-0.2, -0.15) is 0 Å². The Morgan fingerprint density at radius 3 is 2.60 bits per heavy atom. The van der Waals surface area contributed by atoms with Crippen LogP contribution < -0.4 is 21.1 Å². The largest absolute Gasteiger partial charge is 0.497 e. The molecule has 184 valence electrons. The number of carbonyl (C=O) groups is 3. The van der Waals surface area contributed by atoms with Crippen LogP contribution in [0.15, 0.2) is 48.5 Å². The van der Waals surface area contributed by atoms with Gasteiger partial charge in [0.2, 0.25) is 5.91 Å². The maximum atomic E-state index is 13.1. The number of carbonyl (C=O) groups excluding carboxylic acids is 3. The third-order valence-corrected chi connectivity index (χ3v) is 6.61. The van der Waals surface area contributed by atoms with E-state index < -0.39 is 18.1 Å². The lowest BCUT2D eigenvalue weighted by Crippen LogP contribution is -2.50. The number of urea groups is 1. The highest BCUT2D eigenvalue weighted by atomic mass is 35.5. The molecule has 4 N–H and O–H groups in total. The third kappa shape index (κ3) is 5.19. The zero-order valence-electron chi connectivity index (χ0n) is 19.6. The van der Waals surface area contributed by atoms with E-state index in [9.17, 15) is 14.4 Å². The number of rotatable bonds is 7. The van der Waals surface area contributed by atoms with Gasteiger partial charge in [0.1, 0.15) is 17.5 Å². The molecule has 0 radical (unpaired) electrons. The zero-order chi connectivity index (χ0) is 25.1. The minimum atomic E-state index is -0.633. The molecule has 4 rings (SSSR count). The second-order valence-corrected chi connectivity index (χ2v) is 8.96. The van der Waals surface area contributed by atoms with E-state index in [0.29, 0.717) is 35.9 Å². The number of aryl methyl sites for hydroxylation is 1. The van der Waals surface area contributed by atoms with Crippen molar-refractivity contribution in [1.82, 2.24) is 20.1 Å². The number of hydrogen-bond acceptors (Lipinski definition) is 4. The van der Waals surface area contributed by atoms with Crippen LogP contribution in [-0.2, 0) is 11.8 Å². The minimum Gasteiger partial charge on any atom is -0.497 e. The molecule has 4 amide bonds. The molecule has 1 aliphatic heterocycles. The highest BCUT2D eigenvalue weighted by molar-refractivity contribution is 6.31. The lowest BCUT2D eigenvalue weighted by atomic mass is 10.1. The van der Waals surface area contributed by atoms with E-state index in [4.69, 9.17) is 22.1 Å². The van der Waals surface area contributed by atoms with Gasteiger partial charge in [-0.3, -0.25) is 9.59 Å². The first-order valence-electron chi connectivity index (χ1n) is 11.3. The number of nitrogens with zero attached hydrogens (tertiary/aromatic N) is 2. The number of methoxy groups -OCH3 is 1. The normalized spacial score (nSPS) is 16.2. The number of aromatic nitrogens is 1. The van der Waals surface area contributed by atoms with Gasteiger partial charge in [0.05, 0.1) is 13.2 Å². The lowest BCUT2D eigenvalue weighted by molar-refractivity contribution is -0.125. The molecule has 0 bridgehead atoms. The van der Waals surface area contributed by atoms with Crippen LogP contribution >= 0.6 is 11.6 Å². The first-order chi connectivity index (χ1) is 16.8. The van der Waals surface area contributed by atoms with Crippen LogP contribution in [0, 0.1) is 0 Å². The van der Waals surface area contributed by atoms with E-state index in [1.165, 1.54) is 4.90 Å². The van der Waals surface area contributed by atoms with Gasteiger partial charge in [0.25, 0.3) is 5.91 Å². The Hall–Kier alpha value is -3.72. The van der Waals surface area contributed by atoms with Crippen molar-refractivity contribution < 1.29 is 19.1 Å². The molecule has 35 heavy (non-hydrogen) atoms. The molecule has 0 spiro atoms. The number of benzene rings is 2. The number of likely N-dealkylation sites (tertiary alicyclic amines) is 1. The van der Waals surface area contributed by atoms with Crippen LogP contribution in [0.1, 0.15) is 34.9 Å². The summed E-state index contributed by atoms with van der Waals surface area (Å²) < 4.78 is 7.03. The molecule has 1 aliphatic rings. The molecule has 0 saturated carbocycles.